The van der Waals surface area contributed by atoms with E-state index in [0.717, 1.165) is 31.2 Å². The van der Waals surface area contributed by atoms with Gasteiger partial charge >= 0.3 is 0 Å². The second-order valence-corrected chi connectivity index (χ2v) is 5.05. The van der Waals surface area contributed by atoms with Crippen LogP contribution in [0.3, 0.4) is 0 Å². The van der Waals surface area contributed by atoms with E-state index >= 15 is 0 Å². The van der Waals surface area contributed by atoms with Gasteiger partial charge in [0.25, 0.3) is 0 Å². The van der Waals surface area contributed by atoms with E-state index in [9.17, 15) is 9.50 Å². The lowest BCUT2D eigenvalue weighted by Gasteiger charge is -2.34. The van der Waals surface area contributed by atoms with Crippen molar-refractivity contribution in [3.63, 3.8) is 0 Å². The second-order valence-electron chi connectivity index (χ2n) is 5.05. The van der Waals surface area contributed by atoms with Crippen molar-refractivity contribution >= 4 is 0 Å². The zero-order chi connectivity index (χ0) is 13.0. The molecular weight excluding hydrogens is 231 g/mol. The minimum Gasteiger partial charge on any atom is -0.390 e. The molecule has 18 heavy (non-hydrogen) atoms. The molecule has 1 N–H and O–H groups in total. The topological polar surface area (TPSA) is 29.5 Å². The Labute approximate surface area is 108 Å². The lowest BCUT2D eigenvalue weighted by Crippen LogP contribution is -2.43. The number of halogens is 1. The number of benzene rings is 1. The molecule has 0 heterocycles. The van der Waals surface area contributed by atoms with Crippen LogP contribution in [0.1, 0.15) is 38.2 Å². The van der Waals surface area contributed by atoms with E-state index in [1.54, 1.807) is 12.1 Å². The maximum Gasteiger partial charge on any atom is 0.123 e. The molecule has 1 aliphatic carbocycles. The van der Waals surface area contributed by atoms with E-state index in [0.29, 0.717) is 13.0 Å². The molecular formula is C15H21FO2. The zero-order valence-corrected chi connectivity index (χ0v) is 10.9. The molecule has 0 spiro atoms. The van der Waals surface area contributed by atoms with Gasteiger partial charge in [-0.1, -0.05) is 25.0 Å². The van der Waals surface area contributed by atoms with Crippen molar-refractivity contribution in [1.82, 2.24) is 0 Å². The third kappa shape index (κ3) is 2.90. The largest absolute Gasteiger partial charge is 0.390 e. The maximum atomic E-state index is 12.8. The van der Waals surface area contributed by atoms with Crippen LogP contribution in [-0.2, 0) is 11.2 Å². The fraction of sp³-hybridized carbons (Fsp3) is 0.600. The summed E-state index contributed by atoms with van der Waals surface area (Å²) in [6.07, 6.45) is 4.08. The third-order valence-corrected chi connectivity index (χ3v) is 3.83. The molecule has 1 saturated carbocycles. The molecule has 1 unspecified atom stereocenters. The zero-order valence-electron chi connectivity index (χ0n) is 10.9. The summed E-state index contributed by atoms with van der Waals surface area (Å²) in [7, 11) is 0. The van der Waals surface area contributed by atoms with Crippen molar-refractivity contribution < 1.29 is 14.2 Å². The highest BCUT2D eigenvalue weighted by molar-refractivity contribution is 5.18. The van der Waals surface area contributed by atoms with Crippen molar-refractivity contribution in [3.05, 3.63) is 35.6 Å². The summed E-state index contributed by atoms with van der Waals surface area (Å²) in [6, 6.07) is 6.33. The highest BCUT2D eigenvalue weighted by atomic mass is 19.1. The van der Waals surface area contributed by atoms with Crippen LogP contribution in [-0.4, -0.2) is 23.4 Å². The average molecular weight is 252 g/mol. The van der Waals surface area contributed by atoms with Crippen molar-refractivity contribution in [2.24, 2.45) is 0 Å². The van der Waals surface area contributed by atoms with Crippen LogP contribution in [0.2, 0.25) is 0 Å². The quantitative estimate of drug-likeness (QED) is 0.872. The Hall–Kier alpha value is -0.930. The lowest BCUT2D eigenvalue weighted by molar-refractivity contribution is -0.115. The SMILES string of the molecule is CCOC1(C(O)Cc2ccc(F)cc2)CCCC1. The summed E-state index contributed by atoms with van der Waals surface area (Å²) < 4.78 is 18.7. The van der Waals surface area contributed by atoms with Gasteiger partial charge in [0.1, 0.15) is 5.82 Å². The first-order valence-electron chi connectivity index (χ1n) is 6.73. The Morgan fingerprint density at radius 2 is 1.89 bits per heavy atom. The summed E-state index contributed by atoms with van der Waals surface area (Å²) in [6.45, 7) is 2.59. The molecule has 1 aromatic carbocycles. The first-order chi connectivity index (χ1) is 8.66. The van der Waals surface area contributed by atoms with Crippen molar-refractivity contribution in [1.29, 1.82) is 0 Å². The highest BCUT2D eigenvalue weighted by Gasteiger charge is 2.41. The fourth-order valence-electron chi connectivity index (χ4n) is 2.86. The molecule has 1 aromatic rings. The molecule has 0 aromatic heterocycles. The molecule has 0 bridgehead atoms. The molecule has 2 rings (SSSR count). The number of ether oxygens (including phenoxy) is 1. The van der Waals surface area contributed by atoms with E-state index in [-0.39, 0.29) is 11.4 Å². The maximum absolute atomic E-state index is 12.8. The molecule has 0 aliphatic heterocycles. The summed E-state index contributed by atoms with van der Waals surface area (Å²) in [5, 5.41) is 10.4. The van der Waals surface area contributed by atoms with E-state index < -0.39 is 6.10 Å². The fourth-order valence-corrected chi connectivity index (χ4v) is 2.86. The van der Waals surface area contributed by atoms with Gasteiger partial charge in [-0.2, -0.15) is 0 Å². The van der Waals surface area contributed by atoms with Crippen LogP contribution < -0.4 is 0 Å². The van der Waals surface area contributed by atoms with Gasteiger partial charge in [-0.25, -0.2) is 4.39 Å². The first-order valence-corrected chi connectivity index (χ1v) is 6.73. The third-order valence-electron chi connectivity index (χ3n) is 3.83. The summed E-state index contributed by atoms with van der Waals surface area (Å²) >= 11 is 0. The second kappa shape index (κ2) is 5.81. The molecule has 1 aliphatic rings. The van der Waals surface area contributed by atoms with Gasteiger partial charge in [-0.05, 0) is 37.5 Å². The van der Waals surface area contributed by atoms with Gasteiger partial charge in [-0.3, -0.25) is 0 Å². The Balaban J connectivity index is 2.05. The van der Waals surface area contributed by atoms with Gasteiger partial charge < -0.3 is 9.84 Å². The smallest absolute Gasteiger partial charge is 0.123 e. The van der Waals surface area contributed by atoms with Crippen LogP contribution in [0.15, 0.2) is 24.3 Å². The number of rotatable bonds is 5. The van der Waals surface area contributed by atoms with E-state index in [1.165, 1.54) is 12.1 Å². The van der Waals surface area contributed by atoms with Crippen LogP contribution in [0.5, 0.6) is 0 Å². The van der Waals surface area contributed by atoms with Crippen molar-refractivity contribution in [3.8, 4) is 0 Å². The van der Waals surface area contributed by atoms with Crippen LogP contribution in [0, 0.1) is 5.82 Å². The molecule has 3 heteroatoms. The van der Waals surface area contributed by atoms with Gasteiger partial charge in [-0.15, -0.1) is 0 Å². The molecule has 1 atom stereocenters. The number of aliphatic hydroxyl groups excluding tert-OH is 1. The van der Waals surface area contributed by atoms with Gasteiger partial charge in [0.05, 0.1) is 11.7 Å². The Morgan fingerprint density at radius 3 is 2.44 bits per heavy atom. The summed E-state index contributed by atoms with van der Waals surface area (Å²) in [5.41, 5.74) is 0.568. The van der Waals surface area contributed by atoms with Crippen LogP contribution in [0.4, 0.5) is 4.39 Å². The van der Waals surface area contributed by atoms with Crippen molar-refractivity contribution in [2.75, 3.05) is 6.61 Å². The number of aliphatic hydroxyl groups is 1. The first kappa shape index (κ1) is 13.5. The van der Waals surface area contributed by atoms with E-state index in [2.05, 4.69) is 0 Å². The summed E-state index contributed by atoms with van der Waals surface area (Å²) in [4.78, 5) is 0. The Bertz CT molecular complexity index is 369. The minimum absolute atomic E-state index is 0.242. The Morgan fingerprint density at radius 1 is 1.28 bits per heavy atom. The average Bonchev–Trinajstić information content (AvgIpc) is 2.82. The molecule has 0 radical (unpaired) electrons. The lowest BCUT2D eigenvalue weighted by atomic mass is 9.89. The Kier molecular flexibility index (Phi) is 4.36. The van der Waals surface area contributed by atoms with Gasteiger partial charge in [0.15, 0.2) is 0 Å². The van der Waals surface area contributed by atoms with Gasteiger partial charge in [0, 0.05) is 13.0 Å². The van der Waals surface area contributed by atoms with Crippen LogP contribution in [0.25, 0.3) is 0 Å². The molecule has 2 nitrogen and oxygen atoms in total. The number of hydrogen-bond donors (Lipinski definition) is 1. The summed E-state index contributed by atoms with van der Waals surface area (Å²) in [5.74, 6) is -0.242. The molecule has 100 valence electrons. The number of hydrogen-bond acceptors (Lipinski definition) is 2. The highest BCUT2D eigenvalue weighted by Crippen LogP contribution is 2.37. The standard InChI is InChI=1S/C15H21FO2/c1-2-18-15(9-3-4-10-15)14(17)11-12-5-7-13(16)8-6-12/h5-8,14,17H,2-4,9-11H2,1H3. The monoisotopic (exact) mass is 252 g/mol. The van der Waals surface area contributed by atoms with Crippen LogP contribution >= 0.6 is 0 Å². The van der Waals surface area contributed by atoms with Gasteiger partial charge in [0.2, 0.25) is 0 Å². The van der Waals surface area contributed by atoms with Crippen molar-refractivity contribution in [2.45, 2.75) is 50.7 Å². The predicted octanol–water partition coefficient (Wildman–Crippen LogP) is 3.08. The van der Waals surface area contributed by atoms with E-state index in [4.69, 9.17) is 4.74 Å². The normalized spacial score (nSPS) is 19.9. The molecule has 0 saturated heterocycles. The molecule has 0 amide bonds. The minimum atomic E-state index is -0.509. The predicted molar refractivity (Wildman–Crippen MR) is 68.9 cm³/mol. The molecule has 1 fully saturated rings. The van der Waals surface area contributed by atoms with E-state index in [1.807, 2.05) is 6.92 Å².